The van der Waals surface area contributed by atoms with Crippen LogP contribution < -0.4 is 15.7 Å². The molecule has 0 atom stereocenters. The molecular weight excluding hydrogens is 364 g/mol. The average Bonchev–Trinajstić information content (AvgIpc) is 2.69. The van der Waals surface area contributed by atoms with Gasteiger partial charge in [-0.3, -0.25) is 9.59 Å². The van der Waals surface area contributed by atoms with E-state index in [2.05, 4.69) is 15.6 Å². The Morgan fingerprint density at radius 1 is 1.18 bits per heavy atom. The molecule has 142 valence electrons. The topological polar surface area (TPSA) is 123 Å². The largest absolute Gasteiger partial charge is 0.481 e. The normalized spacial score (nSPS) is 10.9. The van der Waals surface area contributed by atoms with Crippen LogP contribution in [-0.2, 0) is 11.8 Å². The number of carbonyl (C=O) groups excluding carboxylic acids is 1. The van der Waals surface area contributed by atoms with E-state index in [9.17, 15) is 14.4 Å². The SMILES string of the molecule is Cn1nc(C(=O)N/N=C\c2ccccc2OCC(=O)O)c2ccccc2c1=O. The molecule has 1 aromatic heterocycles. The molecule has 3 rings (SSSR count). The quantitative estimate of drug-likeness (QED) is 0.489. The summed E-state index contributed by atoms with van der Waals surface area (Å²) in [6.07, 6.45) is 1.33. The van der Waals surface area contributed by atoms with E-state index in [1.54, 1.807) is 48.5 Å². The Morgan fingerprint density at radius 2 is 1.86 bits per heavy atom. The molecule has 2 aromatic carbocycles. The number of carboxylic acids is 1. The fraction of sp³-hybridized carbons (Fsp3) is 0.105. The first-order valence-corrected chi connectivity index (χ1v) is 8.20. The summed E-state index contributed by atoms with van der Waals surface area (Å²) >= 11 is 0. The van der Waals surface area contributed by atoms with E-state index >= 15 is 0 Å². The number of ether oxygens (including phenoxy) is 1. The third-order valence-corrected chi connectivity index (χ3v) is 3.81. The molecule has 3 aromatic rings. The molecule has 0 radical (unpaired) electrons. The summed E-state index contributed by atoms with van der Waals surface area (Å²) < 4.78 is 6.27. The van der Waals surface area contributed by atoms with Crippen LogP contribution in [0.4, 0.5) is 0 Å². The fourth-order valence-corrected chi connectivity index (χ4v) is 2.54. The number of rotatable bonds is 6. The zero-order valence-electron chi connectivity index (χ0n) is 14.8. The number of carboxylic acid groups (broad SMARTS) is 1. The number of para-hydroxylation sites is 1. The van der Waals surface area contributed by atoms with Gasteiger partial charge in [-0.25, -0.2) is 14.9 Å². The fourth-order valence-electron chi connectivity index (χ4n) is 2.54. The van der Waals surface area contributed by atoms with Crippen molar-refractivity contribution in [2.75, 3.05) is 6.61 Å². The van der Waals surface area contributed by atoms with Gasteiger partial charge in [0.15, 0.2) is 12.3 Å². The van der Waals surface area contributed by atoms with Gasteiger partial charge in [0.25, 0.3) is 11.5 Å². The van der Waals surface area contributed by atoms with Crippen molar-refractivity contribution < 1.29 is 19.4 Å². The highest BCUT2D eigenvalue weighted by Crippen LogP contribution is 2.16. The molecule has 0 unspecified atom stereocenters. The molecule has 0 bridgehead atoms. The van der Waals surface area contributed by atoms with Crippen LogP contribution in [0, 0.1) is 0 Å². The molecular formula is C19H16N4O5. The van der Waals surface area contributed by atoms with Crippen LogP contribution in [0.2, 0.25) is 0 Å². The van der Waals surface area contributed by atoms with Crippen molar-refractivity contribution in [2.45, 2.75) is 0 Å². The molecule has 0 saturated heterocycles. The summed E-state index contributed by atoms with van der Waals surface area (Å²) in [5, 5.41) is 17.4. The molecule has 9 heteroatoms. The highest BCUT2D eigenvalue weighted by molar-refractivity contribution is 6.05. The summed E-state index contributed by atoms with van der Waals surface area (Å²) in [7, 11) is 1.46. The Balaban J connectivity index is 1.82. The molecule has 9 nitrogen and oxygen atoms in total. The van der Waals surface area contributed by atoms with Crippen LogP contribution in [-0.4, -0.2) is 39.6 Å². The van der Waals surface area contributed by atoms with E-state index in [0.29, 0.717) is 22.1 Å². The van der Waals surface area contributed by atoms with Crippen LogP contribution in [0.1, 0.15) is 16.1 Å². The minimum Gasteiger partial charge on any atom is -0.481 e. The summed E-state index contributed by atoms with van der Waals surface area (Å²) in [4.78, 5) is 35.3. The lowest BCUT2D eigenvalue weighted by Gasteiger charge is -2.07. The minimum atomic E-state index is -1.10. The Hall–Kier alpha value is -4.01. The number of amides is 1. The first-order chi connectivity index (χ1) is 13.5. The third-order valence-electron chi connectivity index (χ3n) is 3.81. The van der Waals surface area contributed by atoms with Crippen molar-refractivity contribution in [1.82, 2.24) is 15.2 Å². The van der Waals surface area contributed by atoms with Gasteiger partial charge >= 0.3 is 5.97 Å². The molecule has 0 fully saturated rings. The van der Waals surface area contributed by atoms with E-state index in [1.807, 2.05) is 0 Å². The van der Waals surface area contributed by atoms with E-state index < -0.39 is 18.5 Å². The molecule has 0 spiro atoms. The Kier molecular flexibility index (Phi) is 5.45. The van der Waals surface area contributed by atoms with Crippen molar-refractivity contribution in [1.29, 1.82) is 0 Å². The smallest absolute Gasteiger partial charge is 0.341 e. The summed E-state index contributed by atoms with van der Waals surface area (Å²) in [5.41, 5.74) is 2.60. The molecule has 2 N–H and O–H groups in total. The predicted molar refractivity (Wildman–Crippen MR) is 102 cm³/mol. The van der Waals surface area contributed by atoms with Crippen LogP contribution >= 0.6 is 0 Å². The number of aliphatic carboxylic acids is 1. The lowest BCUT2D eigenvalue weighted by molar-refractivity contribution is -0.139. The van der Waals surface area contributed by atoms with Gasteiger partial charge < -0.3 is 9.84 Å². The van der Waals surface area contributed by atoms with E-state index in [4.69, 9.17) is 9.84 Å². The lowest BCUT2D eigenvalue weighted by Crippen LogP contribution is -2.27. The van der Waals surface area contributed by atoms with Crippen LogP contribution in [0.15, 0.2) is 58.4 Å². The maximum Gasteiger partial charge on any atom is 0.341 e. The molecule has 1 heterocycles. The number of benzene rings is 2. The zero-order valence-corrected chi connectivity index (χ0v) is 14.8. The van der Waals surface area contributed by atoms with E-state index in [1.165, 1.54) is 13.3 Å². The third kappa shape index (κ3) is 4.04. The molecule has 0 saturated carbocycles. The number of hydrogen-bond donors (Lipinski definition) is 2. The highest BCUT2D eigenvalue weighted by atomic mass is 16.5. The van der Waals surface area contributed by atoms with Crippen molar-refractivity contribution >= 4 is 28.9 Å². The molecule has 0 aliphatic rings. The van der Waals surface area contributed by atoms with Crippen LogP contribution in [0.25, 0.3) is 10.8 Å². The zero-order chi connectivity index (χ0) is 20.1. The van der Waals surface area contributed by atoms with Crippen molar-refractivity contribution in [3.05, 3.63) is 70.1 Å². The first-order valence-electron chi connectivity index (χ1n) is 8.20. The van der Waals surface area contributed by atoms with Gasteiger partial charge in [-0.1, -0.05) is 30.3 Å². The van der Waals surface area contributed by atoms with Gasteiger partial charge in [0.05, 0.1) is 11.6 Å². The van der Waals surface area contributed by atoms with Crippen molar-refractivity contribution in [2.24, 2.45) is 12.1 Å². The van der Waals surface area contributed by atoms with Gasteiger partial charge in [0.1, 0.15) is 5.75 Å². The summed E-state index contributed by atoms with van der Waals surface area (Å²) in [6, 6.07) is 13.3. The number of fused-ring (bicyclic) bond motifs is 1. The number of aromatic nitrogens is 2. The summed E-state index contributed by atoms with van der Waals surface area (Å²) in [6.45, 7) is -0.495. The van der Waals surface area contributed by atoms with Crippen molar-refractivity contribution in [3.63, 3.8) is 0 Å². The average molecular weight is 380 g/mol. The second-order valence-corrected chi connectivity index (χ2v) is 5.74. The number of aryl methyl sites for hydroxylation is 1. The van der Waals surface area contributed by atoms with Crippen LogP contribution in [0.5, 0.6) is 5.75 Å². The molecule has 28 heavy (non-hydrogen) atoms. The van der Waals surface area contributed by atoms with Gasteiger partial charge in [-0.2, -0.15) is 10.2 Å². The molecule has 1 amide bonds. The second-order valence-electron chi connectivity index (χ2n) is 5.74. The number of hydrogen-bond acceptors (Lipinski definition) is 6. The number of hydrazone groups is 1. The Morgan fingerprint density at radius 3 is 2.61 bits per heavy atom. The van der Waals surface area contributed by atoms with Gasteiger partial charge in [-0.15, -0.1) is 0 Å². The maximum atomic E-state index is 12.5. The van der Waals surface area contributed by atoms with E-state index in [0.717, 1.165) is 4.68 Å². The van der Waals surface area contributed by atoms with E-state index in [-0.39, 0.29) is 11.3 Å². The highest BCUT2D eigenvalue weighted by Gasteiger charge is 2.15. The Labute approximate surface area is 158 Å². The van der Waals surface area contributed by atoms with Crippen molar-refractivity contribution in [3.8, 4) is 5.75 Å². The monoisotopic (exact) mass is 380 g/mol. The molecule has 0 aliphatic heterocycles. The first kappa shape index (κ1) is 18.8. The number of nitrogens with zero attached hydrogens (tertiary/aromatic N) is 3. The number of carbonyl (C=O) groups is 2. The minimum absolute atomic E-state index is 0.0604. The second kappa shape index (κ2) is 8.12. The Bertz CT molecular complexity index is 1140. The molecule has 0 aliphatic carbocycles. The standard InChI is InChI=1S/C19H16N4O5/c1-23-19(27)14-8-4-3-7-13(14)17(22-23)18(26)21-20-10-12-6-2-5-9-15(12)28-11-16(24)25/h2-10H,11H2,1H3,(H,21,26)(H,24,25)/b20-10-. The number of nitrogens with one attached hydrogen (secondary N) is 1. The maximum absolute atomic E-state index is 12.5. The summed E-state index contributed by atoms with van der Waals surface area (Å²) in [5.74, 6) is -1.38. The lowest BCUT2D eigenvalue weighted by atomic mass is 10.1. The van der Waals surface area contributed by atoms with Gasteiger partial charge in [-0.05, 0) is 18.2 Å². The predicted octanol–water partition coefficient (Wildman–Crippen LogP) is 1.16. The van der Waals surface area contributed by atoms with Gasteiger partial charge in [0, 0.05) is 18.0 Å². The van der Waals surface area contributed by atoms with Crippen LogP contribution in [0.3, 0.4) is 0 Å². The van der Waals surface area contributed by atoms with Gasteiger partial charge in [0.2, 0.25) is 0 Å².